The molecule has 0 unspecified atom stereocenters. The van der Waals surface area contributed by atoms with Gasteiger partial charge in [0.1, 0.15) is 12.4 Å². The maximum Gasteiger partial charge on any atom is 0.363 e. The third kappa shape index (κ3) is 4.65. The molecule has 7 heteroatoms. The number of methoxy groups -OCH3 is 1. The van der Waals surface area contributed by atoms with Crippen LogP contribution in [0.15, 0.2) is 71.4 Å². The lowest BCUT2D eigenvalue weighted by Crippen LogP contribution is -2.05. The predicted octanol–water partition coefficient (Wildman–Crippen LogP) is 5.72. The molecule has 162 valence electrons. The van der Waals surface area contributed by atoms with E-state index in [2.05, 4.69) is 4.99 Å². The second-order valence-electron chi connectivity index (χ2n) is 7.10. The third-order valence-corrected chi connectivity index (χ3v) is 5.16. The molecule has 1 aliphatic heterocycles. The van der Waals surface area contributed by atoms with Crippen LogP contribution in [-0.2, 0) is 16.1 Å². The van der Waals surface area contributed by atoms with Crippen molar-refractivity contribution in [2.45, 2.75) is 13.5 Å². The number of cyclic esters (lactones) is 1. The number of esters is 1. The Labute approximate surface area is 189 Å². The summed E-state index contributed by atoms with van der Waals surface area (Å²) in [5, 5.41) is 0.325. The highest BCUT2D eigenvalue weighted by molar-refractivity contribution is 6.32. The van der Waals surface area contributed by atoms with Gasteiger partial charge in [-0.25, -0.2) is 14.2 Å². The SMILES string of the molecule is COc1cc(/C=C2\N=C(c3cccc(F)c3)OC2=O)cc(Cl)c1OCc1ccccc1C. The smallest absolute Gasteiger partial charge is 0.363 e. The van der Waals surface area contributed by atoms with Crippen LogP contribution in [0.4, 0.5) is 4.39 Å². The third-order valence-electron chi connectivity index (χ3n) is 4.88. The molecule has 0 fully saturated rings. The van der Waals surface area contributed by atoms with Crippen LogP contribution in [0.3, 0.4) is 0 Å². The molecule has 0 saturated carbocycles. The predicted molar refractivity (Wildman–Crippen MR) is 121 cm³/mol. The minimum Gasteiger partial charge on any atom is -0.493 e. The number of ether oxygens (including phenoxy) is 3. The van der Waals surface area contributed by atoms with Crippen molar-refractivity contribution >= 4 is 29.5 Å². The van der Waals surface area contributed by atoms with Gasteiger partial charge < -0.3 is 14.2 Å². The van der Waals surface area contributed by atoms with Gasteiger partial charge in [-0.3, -0.25) is 0 Å². The van der Waals surface area contributed by atoms with Gasteiger partial charge in [0.25, 0.3) is 0 Å². The largest absolute Gasteiger partial charge is 0.493 e. The minimum atomic E-state index is -0.640. The van der Waals surface area contributed by atoms with Crippen LogP contribution in [0.1, 0.15) is 22.3 Å². The first-order valence-electron chi connectivity index (χ1n) is 9.78. The number of halogens is 2. The molecule has 0 amide bonds. The fourth-order valence-electron chi connectivity index (χ4n) is 3.20. The summed E-state index contributed by atoms with van der Waals surface area (Å²) in [7, 11) is 1.51. The van der Waals surface area contributed by atoms with Gasteiger partial charge in [-0.05, 0) is 60.0 Å². The first-order chi connectivity index (χ1) is 15.4. The summed E-state index contributed by atoms with van der Waals surface area (Å²) in [6.45, 7) is 2.34. The van der Waals surface area contributed by atoms with Crippen LogP contribution in [0.2, 0.25) is 5.02 Å². The summed E-state index contributed by atoms with van der Waals surface area (Å²) >= 11 is 6.46. The molecule has 32 heavy (non-hydrogen) atoms. The van der Waals surface area contributed by atoms with E-state index in [1.165, 1.54) is 31.4 Å². The van der Waals surface area contributed by atoms with Crippen LogP contribution < -0.4 is 9.47 Å². The summed E-state index contributed by atoms with van der Waals surface area (Å²) in [5.74, 6) is -0.233. The first kappa shape index (κ1) is 21.6. The van der Waals surface area contributed by atoms with Gasteiger partial charge in [0.15, 0.2) is 17.2 Å². The summed E-state index contributed by atoms with van der Waals surface area (Å²) in [6, 6.07) is 16.9. The average molecular weight is 452 g/mol. The number of aliphatic imine (C=N–C) groups is 1. The van der Waals surface area contributed by atoms with E-state index in [-0.39, 0.29) is 11.6 Å². The lowest BCUT2D eigenvalue weighted by atomic mass is 10.1. The summed E-state index contributed by atoms with van der Waals surface area (Å²) in [4.78, 5) is 16.5. The molecule has 0 radical (unpaired) electrons. The Hall–Kier alpha value is -3.64. The van der Waals surface area contributed by atoms with Crippen molar-refractivity contribution in [3.63, 3.8) is 0 Å². The van der Waals surface area contributed by atoms with Gasteiger partial charge in [0, 0.05) is 5.56 Å². The topological polar surface area (TPSA) is 57.1 Å². The maximum absolute atomic E-state index is 13.5. The quantitative estimate of drug-likeness (QED) is 0.355. The van der Waals surface area contributed by atoms with Gasteiger partial charge in [0.05, 0.1) is 12.1 Å². The molecule has 0 aliphatic carbocycles. The number of hydrogen-bond donors (Lipinski definition) is 0. The van der Waals surface area contributed by atoms with Gasteiger partial charge in [0.2, 0.25) is 5.90 Å². The Balaban J connectivity index is 1.60. The zero-order valence-electron chi connectivity index (χ0n) is 17.4. The highest BCUT2D eigenvalue weighted by Crippen LogP contribution is 2.38. The number of carbonyl (C=O) groups excluding carboxylic acids is 1. The summed E-state index contributed by atoms with van der Waals surface area (Å²) in [5.41, 5.74) is 3.15. The van der Waals surface area contributed by atoms with E-state index in [1.807, 2.05) is 31.2 Å². The minimum absolute atomic E-state index is 0.0389. The van der Waals surface area contributed by atoms with Crippen molar-refractivity contribution in [1.82, 2.24) is 0 Å². The standard InChI is InChI=1S/C25H19ClFNO4/c1-15-6-3-4-7-18(15)14-31-23-20(26)10-16(12-22(23)30-2)11-21-25(29)32-24(28-21)17-8-5-9-19(27)13-17/h3-13H,14H2,1-2H3/b21-11-. The van der Waals surface area contributed by atoms with Crippen molar-refractivity contribution in [2.24, 2.45) is 4.99 Å². The second kappa shape index (κ2) is 9.24. The fourth-order valence-corrected chi connectivity index (χ4v) is 3.47. The first-order valence-corrected chi connectivity index (χ1v) is 10.2. The van der Waals surface area contributed by atoms with Crippen LogP contribution in [0.5, 0.6) is 11.5 Å². The van der Waals surface area contributed by atoms with E-state index in [0.717, 1.165) is 11.1 Å². The van der Waals surface area contributed by atoms with E-state index in [4.69, 9.17) is 25.8 Å². The molecular formula is C25H19ClFNO4. The normalized spacial score (nSPS) is 14.3. The van der Waals surface area contributed by atoms with Crippen LogP contribution in [-0.4, -0.2) is 19.0 Å². The van der Waals surface area contributed by atoms with Crippen molar-refractivity contribution in [2.75, 3.05) is 7.11 Å². The molecule has 4 rings (SSSR count). The Kier molecular flexibility index (Phi) is 6.23. The van der Waals surface area contributed by atoms with Gasteiger partial charge in [-0.2, -0.15) is 0 Å². The molecule has 1 heterocycles. The van der Waals surface area contributed by atoms with E-state index < -0.39 is 11.8 Å². The Morgan fingerprint density at radius 2 is 1.94 bits per heavy atom. The maximum atomic E-state index is 13.5. The van der Waals surface area contributed by atoms with Gasteiger partial charge in [-0.1, -0.05) is 41.9 Å². The monoisotopic (exact) mass is 451 g/mol. The van der Waals surface area contributed by atoms with E-state index in [1.54, 1.807) is 18.2 Å². The highest BCUT2D eigenvalue weighted by atomic mass is 35.5. The highest BCUT2D eigenvalue weighted by Gasteiger charge is 2.25. The fraction of sp³-hybridized carbons (Fsp3) is 0.120. The number of nitrogens with zero attached hydrogens (tertiary/aromatic N) is 1. The Morgan fingerprint density at radius 3 is 2.69 bits per heavy atom. The van der Waals surface area contributed by atoms with E-state index in [0.29, 0.717) is 34.3 Å². The van der Waals surface area contributed by atoms with E-state index in [9.17, 15) is 9.18 Å². The van der Waals surface area contributed by atoms with Crippen molar-refractivity contribution in [1.29, 1.82) is 0 Å². The Morgan fingerprint density at radius 1 is 1.12 bits per heavy atom. The van der Waals surface area contributed by atoms with Gasteiger partial charge >= 0.3 is 5.97 Å². The number of aryl methyl sites for hydroxylation is 1. The molecule has 0 N–H and O–H groups in total. The Bertz CT molecular complexity index is 1250. The van der Waals surface area contributed by atoms with E-state index >= 15 is 0 Å². The summed E-state index contributed by atoms with van der Waals surface area (Å²) in [6.07, 6.45) is 1.52. The van der Waals surface area contributed by atoms with Crippen LogP contribution >= 0.6 is 11.6 Å². The molecule has 0 aromatic heterocycles. The molecular weight excluding hydrogens is 433 g/mol. The molecule has 1 aliphatic rings. The van der Waals surface area contributed by atoms with Crippen molar-refractivity contribution < 1.29 is 23.4 Å². The lowest BCUT2D eigenvalue weighted by Gasteiger charge is -2.14. The van der Waals surface area contributed by atoms with Crippen LogP contribution in [0.25, 0.3) is 6.08 Å². The zero-order valence-corrected chi connectivity index (χ0v) is 18.2. The molecule has 3 aromatic carbocycles. The number of hydrogen-bond acceptors (Lipinski definition) is 5. The second-order valence-corrected chi connectivity index (χ2v) is 7.50. The molecule has 0 spiro atoms. The van der Waals surface area contributed by atoms with Crippen molar-refractivity contribution in [3.05, 3.63) is 99.5 Å². The molecule has 3 aromatic rings. The molecule has 5 nitrogen and oxygen atoms in total. The molecule has 0 saturated heterocycles. The zero-order chi connectivity index (χ0) is 22.7. The van der Waals surface area contributed by atoms with Crippen LogP contribution in [0, 0.1) is 12.7 Å². The van der Waals surface area contributed by atoms with Gasteiger partial charge in [-0.15, -0.1) is 0 Å². The van der Waals surface area contributed by atoms with Crippen molar-refractivity contribution in [3.8, 4) is 11.5 Å². The average Bonchev–Trinajstić information content (AvgIpc) is 3.14. The lowest BCUT2D eigenvalue weighted by molar-refractivity contribution is -0.129. The number of carbonyl (C=O) groups is 1. The summed E-state index contributed by atoms with van der Waals surface area (Å²) < 4.78 is 30.0. The molecule has 0 bridgehead atoms. The number of rotatable bonds is 6. The molecule has 0 atom stereocenters. The number of benzene rings is 3.